The van der Waals surface area contributed by atoms with Crippen LogP contribution in [0, 0.1) is 11.3 Å². The maximum Gasteiger partial charge on any atom is 0.0992 e. The van der Waals surface area contributed by atoms with Crippen LogP contribution in [0.1, 0.15) is 37.7 Å². The maximum absolute atomic E-state index is 8.96. The van der Waals surface area contributed by atoms with E-state index in [1.165, 1.54) is 32.1 Å². The van der Waals surface area contributed by atoms with E-state index in [0.29, 0.717) is 22.7 Å². The molecule has 3 rings (SSSR count). The molecule has 2 heterocycles. The number of nitrogens with zero attached hydrogens (tertiary/aromatic N) is 2. The fourth-order valence-corrected chi connectivity index (χ4v) is 3.81. The first-order chi connectivity index (χ1) is 9.79. The Morgan fingerprint density at radius 1 is 1.25 bits per heavy atom. The Morgan fingerprint density at radius 3 is 2.85 bits per heavy atom. The maximum atomic E-state index is 8.96. The van der Waals surface area contributed by atoms with Crippen LogP contribution in [0.3, 0.4) is 0 Å². The molecule has 1 aromatic rings. The first-order valence-corrected chi connectivity index (χ1v) is 7.87. The van der Waals surface area contributed by atoms with Gasteiger partial charge in [0.2, 0.25) is 0 Å². The van der Waals surface area contributed by atoms with Gasteiger partial charge in [0, 0.05) is 18.6 Å². The van der Waals surface area contributed by atoms with Gasteiger partial charge in [-0.25, -0.2) is 0 Å². The van der Waals surface area contributed by atoms with Crippen molar-refractivity contribution in [3.8, 4) is 6.07 Å². The molecule has 2 aliphatic heterocycles. The number of piperidine rings is 1. The monoisotopic (exact) mass is 289 g/mol. The molecule has 20 heavy (non-hydrogen) atoms. The molecule has 0 saturated carbocycles. The summed E-state index contributed by atoms with van der Waals surface area (Å²) in [6.45, 7) is 2.20. The van der Waals surface area contributed by atoms with Gasteiger partial charge >= 0.3 is 0 Å². The van der Waals surface area contributed by atoms with E-state index in [9.17, 15) is 0 Å². The highest BCUT2D eigenvalue weighted by Crippen LogP contribution is 2.34. The van der Waals surface area contributed by atoms with Crippen LogP contribution in [0.4, 0.5) is 5.69 Å². The smallest absolute Gasteiger partial charge is 0.0992 e. The third-order valence-electron chi connectivity index (χ3n) is 4.50. The number of nitrogens with one attached hydrogen (secondary N) is 1. The third-order valence-corrected chi connectivity index (χ3v) is 4.80. The van der Waals surface area contributed by atoms with Gasteiger partial charge in [-0.15, -0.1) is 0 Å². The molecule has 0 bridgehead atoms. The van der Waals surface area contributed by atoms with Crippen LogP contribution in [0.15, 0.2) is 18.2 Å². The lowest BCUT2D eigenvalue weighted by molar-refractivity contribution is 0.378. The molecule has 0 amide bonds. The largest absolute Gasteiger partial charge is 0.366 e. The summed E-state index contributed by atoms with van der Waals surface area (Å²) < 4.78 is 0. The number of hydrogen-bond acceptors (Lipinski definition) is 3. The van der Waals surface area contributed by atoms with E-state index in [0.717, 1.165) is 18.8 Å². The lowest BCUT2D eigenvalue weighted by atomic mass is 9.93. The van der Waals surface area contributed by atoms with Gasteiger partial charge in [-0.05, 0) is 56.8 Å². The summed E-state index contributed by atoms with van der Waals surface area (Å²) in [5.41, 5.74) is 1.72. The predicted octanol–water partition coefficient (Wildman–Crippen LogP) is 3.32. The van der Waals surface area contributed by atoms with E-state index in [1.54, 1.807) is 6.07 Å². The number of halogens is 1. The van der Waals surface area contributed by atoms with E-state index in [2.05, 4.69) is 16.3 Å². The van der Waals surface area contributed by atoms with E-state index in [-0.39, 0.29) is 0 Å². The Morgan fingerprint density at radius 2 is 2.15 bits per heavy atom. The molecule has 3 nitrogen and oxygen atoms in total. The van der Waals surface area contributed by atoms with Crippen molar-refractivity contribution >= 4 is 17.3 Å². The average Bonchev–Trinajstić information content (AvgIpc) is 3.01. The zero-order valence-corrected chi connectivity index (χ0v) is 12.4. The first-order valence-electron chi connectivity index (χ1n) is 7.49. The van der Waals surface area contributed by atoms with Gasteiger partial charge in [0.1, 0.15) is 0 Å². The Kier molecular flexibility index (Phi) is 4.14. The summed E-state index contributed by atoms with van der Waals surface area (Å²) in [6.07, 6.45) is 6.28. The number of hydrogen-bond donors (Lipinski definition) is 1. The topological polar surface area (TPSA) is 39.1 Å². The van der Waals surface area contributed by atoms with Crippen molar-refractivity contribution in [1.82, 2.24) is 5.32 Å². The van der Waals surface area contributed by atoms with Crippen molar-refractivity contribution in [2.24, 2.45) is 0 Å². The number of nitriles is 1. The molecule has 0 spiro atoms. The van der Waals surface area contributed by atoms with Crippen molar-refractivity contribution in [2.45, 2.75) is 44.2 Å². The molecule has 2 fully saturated rings. The third kappa shape index (κ3) is 2.63. The summed E-state index contributed by atoms with van der Waals surface area (Å²) in [4.78, 5) is 2.45. The number of benzene rings is 1. The second-order valence-corrected chi connectivity index (χ2v) is 6.14. The van der Waals surface area contributed by atoms with E-state index in [4.69, 9.17) is 16.9 Å². The van der Waals surface area contributed by atoms with Crippen LogP contribution in [0.25, 0.3) is 0 Å². The fraction of sp³-hybridized carbons (Fsp3) is 0.562. The predicted molar refractivity (Wildman–Crippen MR) is 82.2 cm³/mol. The summed E-state index contributed by atoms with van der Waals surface area (Å²) in [5.74, 6) is 0. The molecule has 1 N–H and O–H groups in total. The Hall–Kier alpha value is -1.24. The minimum Gasteiger partial charge on any atom is -0.366 e. The molecule has 2 unspecified atom stereocenters. The van der Waals surface area contributed by atoms with E-state index < -0.39 is 0 Å². The highest BCUT2D eigenvalue weighted by atomic mass is 35.5. The van der Waals surface area contributed by atoms with Gasteiger partial charge in [-0.1, -0.05) is 11.6 Å². The number of rotatable bonds is 2. The van der Waals surface area contributed by atoms with Crippen LogP contribution in [0.2, 0.25) is 5.02 Å². The summed E-state index contributed by atoms with van der Waals surface area (Å²) >= 11 is 6.40. The van der Waals surface area contributed by atoms with Crippen molar-refractivity contribution in [3.63, 3.8) is 0 Å². The van der Waals surface area contributed by atoms with Gasteiger partial charge in [0.15, 0.2) is 0 Å². The van der Waals surface area contributed by atoms with Crippen LogP contribution in [0.5, 0.6) is 0 Å². The van der Waals surface area contributed by atoms with Gasteiger partial charge < -0.3 is 10.2 Å². The van der Waals surface area contributed by atoms with Crippen LogP contribution < -0.4 is 10.2 Å². The SMILES string of the molecule is N#Cc1ccc(N2CCCCC2C2CCCN2)c(Cl)c1. The molecule has 0 radical (unpaired) electrons. The second-order valence-electron chi connectivity index (χ2n) is 5.74. The van der Waals surface area contributed by atoms with Crippen molar-refractivity contribution < 1.29 is 0 Å². The molecule has 106 valence electrons. The fourth-order valence-electron chi connectivity index (χ4n) is 3.52. The summed E-state index contributed by atoms with van der Waals surface area (Å²) in [5, 5.41) is 13.3. The standard InChI is InChI=1S/C16H20ClN3/c17-13-10-12(11-18)6-7-15(13)20-9-2-1-5-16(20)14-4-3-8-19-14/h6-7,10,14,16,19H,1-5,8-9H2. The van der Waals surface area contributed by atoms with Crippen LogP contribution >= 0.6 is 11.6 Å². The Labute approximate surface area is 125 Å². The van der Waals surface area contributed by atoms with Crippen molar-refractivity contribution in [2.75, 3.05) is 18.0 Å². The zero-order chi connectivity index (χ0) is 13.9. The van der Waals surface area contributed by atoms with E-state index in [1.807, 2.05) is 12.1 Å². The van der Waals surface area contributed by atoms with Gasteiger partial charge in [0.05, 0.1) is 22.3 Å². The van der Waals surface area contributed by atoms with Crippen LogP contribution in [-0.2, 0) is 0 Å². The molecule has 2 aliphatic rings. The first kappa shape index (κ1) is 13.7. The van der Waals surface area contributed by atoms with Gasteiger partial charge in [-0.2, -0.15) is 5.26 Å². The molecule has 2 atom stereocenters. The minimum absolute atomic E-state index is 0.539. The Bertz CT molecular complexity index is 517. The van der Waals surface area contributed by atoms with Gasteiger partial charge in [-0.3, -0.25) is 0 Å². The lowest BCUT2D eigenvalue weighted by Crippen LogP contribution is -2.50. The molecule has 4 heteroatoms. The molecule has 0 aliphatic carbocycles. The Balaban J connectivity index is 1.87. The van der Waals surface area contributed by atoms with E-state index >= 15 is 0 Å². The zero-order valence-electron chi connectivity index (χ0n) is 11.6. The minimum atomic E-state index is 0.539. The number of anilines is 1. The van der Waals surface area contributed by atoms with Crippen molar-refractivity contribution in [3.05, 3.63) is 28.8 Å². The normalized spacial score (nSPS) is 26.5. The highest BCUT2D eigenvalue weighted by Gasteiger charge is 2.32. The van der Waals surface area contributed by atoms with Crippen LogP contribution in [-0.4, -0.2) is 25.2 Å². The molecule has 0 aromatic heterocycles. The highest BCUT2D eigenvalue weighted by molar-refractivity contribution is 6.33. The summed E-state index contributed by atoms with van der Waals surface area (Å²) in [6, 6.07) is 8.93. The molecular formula is C16H20ClN3. The van der Waals surface area contributed by atoms with Gasteiger partial charge in [0.25, 0.3) is 0 Å². The second kappa shape index (κ2) is 6.03. The lowest BCUT2D eigenvalue weighted by Gasteiger charge is -2.41. The molecular weight excluding hydrogens is 270 g/mol. The average molecular weight is 290 g/mol. The quantitative estimate of drug-likeness (QED) is 0.908. The molecule has 1 aromatic carbocycles. The summed E-state index contributed by atoms with van der Waals surface area (Å²) in [7, 11) is 0. The van der Waals surface area contributed by atoms with Crippen molar-refractivity contribution in [1.29, 1.82) is 5.26 Å². The molecule has 2 saturated heterocycles.